The van der Waals surface area contributed by atoms with Crippen molar-refractivity contribution in [2.75, 3.05) is 5.32 Å². The van der Waals surface area contributed by atoms with E-state index in [0.29, 0.717) is 18.7 Å². The highest BCUT2D eigenvalue weighted by Crippen LogP contribution is 2.33. The van der Waals surface area contributed by atoms with Crippen LogP contribution in [0, 0.1) is 0 Å². The van der Waals surface area contributed by atoms with E-state index in [1.165, 1.54) is 0 Å². The van der Waals surface area contributed by atoms with Crippen LogP contribution in [0.4, 0.5) is 10.6 Å². The highest BCUT2D eigenvalue weighted by Gasteiger charge is 2.28. The topological polar surface area (TPSA) is 113 Å². The van der Waals surface area contributed by atoms with E-state index in [-0.39, 0.29) is 6.04 Å². The first-order chi connectivity index (χ1) is 11.0. The van der Waals surface area contributed by atoms with Gasteiger partial charge in [0.1, 0.15) is 11.9 Å². The van der Waals surface area contributed by atoms with Crippen LogP contribution in [0.5, 0.6) is 0 Å². The third-order valence-corrected chi connectivity index (χ3v) is 4.02. The van der Waals surface area contributed by atoms with Crippen molar-refractivity contribution in [3.63, 3.8) is 0 Å². The van der Waals surface area contributed by atoms with Gasteiger partial charge >= 0.3 is 6.09 Å². The predicted octanol–water partition coefficient (Wildman–Crippen LogP) is 1.94. The molecule has 1 aromatic heterocycles. The molecule has 0 saturated heterocycles. The fourth-order valence-electron chi connectivity index (χ4n) is 2.50. The molecule has 23 heavy (non-hydrogen) atoms. The van der Waals surface area contributed by atoms with E-state index in [4.69, 9.17) is 5.11 Å². The van der Waals surface area contributed by atoms with Crippen LogP contribution in [-0.4, -0.2) is 38.7 Å². The van der Waals surface area contributed by atoms with Crippen LogP contribution in [0.15, 0.2) is 12.3 Å². The summed E-state index contributed by atoms with van der Waals surface area (Å²) in [6.07, 6.45) is 5.14. The van der Waals surface area contributed by atoms with Crippen LogP contribution < -0.4 is 10.6 Å². The first-order valence-electron chi connectivity index (χ1n) is 7.91. The molecule has 1 fully saturated rings. The fraction of sp³-hybridized carbons (Fsp3) is 0.600. The maximum atomic E-state index is 12.2. The highest BCUT2D eigenvalue weighted by atomic mass is 16.4. The molecule has 1 unspecified atom stereocenters. The summed E-state index contributed by atoms with van der Waals surface area (Å²) in [7, 11) is 0. The van der Waals surface area contributed by atoms with Gasteiger partial charge < -0.3 is 15.7 Å². The third kappa shape index (κ3) is 4.30. The molecule has 1 aliphatic carbocycles. The Labute approximate surface area is 134 Å². The van der Waals surface area contributed by atoms with Gasteiger partial charge in [0.15, 0.2) is 0 Å². The maximum Gasteiger partial charge on any atom is 0.405 e. The van der Waals surface area contributed by atoms with Gasteiger partial charge in [0, 0.05) is 6.07 Å². The number of Topliss-reactive ketones (excluding diaryl/α,β-unsaturated/α-hetero) is 1. The zero-order valence-electron chi connectivity index (χ0n) is 13.1. The number of aromatic nitrogens is 2. The van der Waals surface area contributed by atoms with Gasteiger partial charge in [-0.2, -0.15) is 5.10 Å². The number of ketones is 1. The lowest BCUT2D eigenvalue weighted by Gasteiger charge is -2.27. The normalized spacial score (nSPS) is 15.5. The van der Waals surface area contributed by atoms with Gasteiger partial charge in [-0.25, -0.2) is 9.48 Å². The average molecular weight is 322 g/mol. The van der Waals surface area contributed by atoms with Crippen LogP contribution in [0.3, 0.4) is 0 Å². The Hall–Kier alpha value is -2.38. The number of nitrogens with one attached hydrogen (secondary N) is 2. The van der Waals surface area contributed by atoms with E-state index in [9.17, 15) is 14.4 Å². The Morgan fingerprint density at radius 1 is 1.43 bits per heavy atom. The summed E-state index contributed by atoms with van der Waals surface area (Å²) in [4.78, 5) is 35.1. The Balaban J connectivity index is 2.01. The van der Waals surface area contributed by atoms with Gasteiger partial charge in [0.05, 0.1) is 12.2 Å². The molecule has 0 aromatic carbocycles. The summed E-state index contributed by atoms with van der Waals surface area (Å²) < 4.78 is 1.71. The molecule has 1 aliphatic rings. The van der Waals surface area contributed by atoms with E-state index < -0.39 is 23.8 Å². The number of hydrogen-bond acceptors (Lipinski definition) is 4. The molecular weight excluding hydrogens is 300 g/mol. The zero-order chi connectivity index (χ0) is 16.8. The Kier molecular flexibility index (Phi) is 5.72. The SMILES string of the molecule is CCCCC(NC(=O)O)C(=O)C(=O)Nc1ccnn1C1CCC1. The molecule has 1 aromatic rings. The lowest BCUT2D eigenvalue weighted by molar-refractivity contribution is -0.136. The van der Waals surface area contributed by atoms with Crippen molar-refractivity contribution in [1.82, 2.24) is 15.1 Å². The Morgan fingerprint density at radius 3 is 2.74 bits per heavy atom. The van der Waals surface area contributed by atoms with E-state index in [1.807, 2.05) is 6.92 Å². The minimum Gasteiger partial charge on any atom is -0.465 e. The second kappa shape index (κ2) is 7.75. The van der Waals surface area contributed by atoms with Gasteiger partial charge in [0.25, 0.3) is 5.91 Å². The van der Waals surface area contributed by atoms with Crippen LogP contribution in [0.2, 0.25) is 0 Å². The molecule has 0 bridgehead atoms. The number of nitrogens with zero attached hydrogens (tertiary/aromatic N) is 2. The number of rotatable bonds is 8. The molecule has 1 atom stereocenters. The number of hydrogen-bond donors (Lipinski definition) is 3. The van der Waals surface area contributed by atoms with Gasteiger partial charge in [-0.15, -0.1) is 0 Å². The molecule has 0 aliphatic heterocycles. The molecular formula is C15H22N4O4. The molecule has 1 saturated carbocycles. The van der Waals surface area contributed by atoms with Crippen molar-refractivity contribution in [2.24, 2.45) is 0 Å². The smallest absolute Gasteiger partial charge is 0.405 e. The fourth-order valence-corrected chi connectivity index (χ4v) is 2.50. The van der Waals surface area contributed by atoms with Gasteiger partial charge in [-0.05, 0) is 25.7 Å². The Bertz CT molecular complexity index is 580. The quantitative estimate of drug-likeness (QED) is 0.633. The van der Waals surface area contributed by atoms with E-state index >= 15 is 0 Å². The van der Waals surface area contributed by atoms with Crippen LogP contribution in [0.1, 0.15) is 51.5 Å². The summed E-state index contributed by atoms with van der Waals surface area (Å²) in [6.45, 7) is 1.93. The predicted molar refractivity (Wildman–Crippen MR) is 83.2 cm³/mol. The second-order valence-corrected chi connectivity index (χ2v) is 5.71. The van der Waals surface area contributed by atoms with E-state index in [0.717, 1.165) is 25.7 Å². The zero-order valence-corrected chi connectivity index (χ0v) is 13.1. The lowest BCUT2D eigenvalue weighted by atomic mass is 9.93. The third-order valence-electron chi connectivity index (χ3n) is 4.02. The van der Waals surface area contributed by atoms with Crippen molar-refractivity contribution in [3.8, 4) is 0 Å². The van der Waals surface area contributed by atoms with Crippen molar-refractivity contribution >= 4 is 23.6 Å². The number of carbonyl (C=O) groups is 3. The monoisotopic (exact) mass is 322 g/mol. The largest absolute Gasteiger partial charge is 0.465 e. The minimum absolute atomic E-state index is 0.253. The molecule has 8 heteroatoms. The number of unbranched alkanes of at least 4 members (excludes halogenated alkanes) is 1. The molecule has 126 valence electrons. The van der Waals surface area contributed by atoms with Gasteiger partial charge in [-0.3, -0.25) is 9.59 Å². The summed E-state index contributed by atoms with van der Waals surface area (Å²) in [5.41, 5.74) is 0. The van der Waals surface area contributed by atoms with Crippen LogP contribution in [-0.2, 0) is 9.59 Å². The van der Waals surface area contributed by atoms with Crippen LogP contribution in [0.25, 0.3) is 0 Å². The molecule has 2 amide bonds. The summed E-state index contributed by atoms with van der Waals surface area (Å²) >= 11 is 0. The van der Waals surface area contributed by atoms with Crippen molar-refractivity contribution in [1.29, 1.82) is 0 Å². The van der Waals surface area contributed by atoms with Crippen molar-refractivity contribution in [3.05, 3.63) is 12.3 Å². The minimum atomic E-state index is -1.31. The number of carbonyl (C=O) groups excluding carboxylic acids is 2. The van der Waals surface area contributed by atoms with Crippen molar-refractivity contribution < 1.29 is 19.5 Å². The molecule has 1 heterocycles. The molecule has 3 N–H and O–H groups in total. The number of amides is 2. The first-order valence-corrected chi connectivity index (χ1v) is 7.91. The molecule has 2 rings (SSSR count). The van der Waals surface area contributed by atoms with Gasteiger partial charge in [-0.1, -0.05) is 19.8 Å². The average Bonchev–Trinajstić information content (AvgIpc) is 2.88. The van der Waals surface area contributed by atoms with Crippen molar-refractivity contribution in [2.45, 2.75) is 57.5 Å². The van der Waals surface area contributed by atoms with E-state index in [1.54, 1.807) is 16.9 Å². The number of carboxylic acid groups (broad SMARTS) is 1. The van der Waals surface area contributed by atoms with E-state index in [2.05, 4.69) is 15.7 Å². The van der Waals surface area contributed by atoms with Crippen LogP contribution >= 0.6 is 0 Å². The maximum absolute atomic E-state index is 12.2. The Morgan fingerprint density at radius 2 is 2.17 bits per heavy atom. The standard InChI is InChI=1S/C15H22N4O4/c1-2-3-7-11(17-15(22)23)13(20)14(21)18-12-8-9-16-19(12)10-5-4-6-10/h8-11,17H,2-7H2,1H3,(H,18,21)(H,22,23). The molecule has 0 radical (unpaired) electrons. The molecule has 8 nitrogen and oxygen atoms in total. The second-order valence-electron chi connectivity index (χ2n) is 5.71. The lowest BCUT2D eigenvalue weighted by Crippen LogP contribution is -2.45. The first kappa shape index (κ1) is 17.0. The highest BCUT2D eigenvalue weighted by molar-refractivity contribution is 6.42. The number of anilines is 1. The summed E-state index contributed by atoms with van der Waals surface area (Å²) in [5.74, 6) is -1.12. The van der Waals surface area contributed by atoms with Gasteiger partial charge in [0.2, 0.25) is 5.78 Å². The summed E-state index contributed by atoms with van der Waals surface area (Å²) in [6, 6.07) is 0.866. The summed E-state index contributed by atoms with van der Waals surface area (Å²) in [5, 5.41) is 17.7. The molecule has 0 spiro atoms.